The molecule has 1 rings (SSSR count). The Hall–Kier alpha value is -1.30. The molecule has 19 heavy (non-hydrogen) atoms. The summed E-state index contributed by atoms with van der Waals surface area (Å²) in [7, 11) is 1.40. The molecule has 0 bridgehead atoms. The van der Waals surface area contributed by atoms with Gasteiger partial charge in [0, 0.05) is 19.5 Å². The van der Waals surface area contributed by atoms with Crippen LogP contribution in [-0.2, 0) is 14.3 Å². The van der Waals surface area contributed by atoms with Crippen LogP contribution >= 0.6 is 0 Å². The normalized spacial score (nSPS) is 17.9. The average molecular weight is 272 g/mol. The van der Waals surface area contributed by atoms with Gasteiger partial charge in [0.25, 0.3) is 0 Å². The number of amides is 1. The zero-order valence-electron chi connectivity index (χ0n) is 12.2. The molecule has 1 aliphatic heterocycles. The summed E-state index contributed by atoms with van der Waals surface area (Å²) in [6.45, 7) is 6.93. The number of carbonyl (C=O) groups excluding carboxylic acids is 2. The van der Waals surface area contributed by atoms with Crippen molar-refractivity contribution in [1.29, 1.82) is 0 Å². The Balaban J connectivity index is 2.26. The number of carbonyl (C=O) groups is 2. The summed E-state index contributed by atoms with van der Waals surface area (Å²) in [5.74, 6) is 0.169. The van der Waals surface area contributed by atoms with Gasteiger partial charge in [-0.15, -0.1) is 0 Å². The maximum atomic E-state index is 11.6. The number of rotatable bonds is 3. The molecule has 0 aromatic carbocycles. The van der Waals surface area contributed by atoms with Crippen LogP contribution in [0.1, 0.15) is 40.0 Å². The van der Waals surface area contributed by atoms with E-state index in [0.29, 0.717) is 12.3 Å². The zero-order chi connectivity index (χ0) is 14.5. The molecule has 0 aromatic heterocycles. The molecule has 0 aliphatic carbocycles. The van der Waals surface area contributed by atoms with Gasteiger partial charge in [0.2, 0.25) is 0 Å². The SMILES string of the molecule is COC(=O)CC1CCN(NC(=O)OC(C)(C)C)CC1. The molecule has 0 aromatic rings. The van der Waals surface area contributed by atoms with Crippen LogP contribution in [0, 0.1) is 5.92 Å². The number of nitrogens with one attached hydrogen (secondary N) is 1. The van der Waals surface area contributed by atoms with E-state index in [-0.39, 0.29) is 5.97 Å². The van der Waals surface area contributed by atoms with Crippen LogP contribution in [0.5, 0.6) is 0 Å². The second kappa shape index (κ2) is 6.75. The fourth-order valence-corrected chi connectivity index (χ4v) is 2.00. The van der Waals surface area contributed by atoms with Gasteiger partial charge in [0.1, 0.15) is 5.60 Å². The lowest BCUT2D eigenvalue weighted by molar-refractivity contribution is -0.142. The van der Waals surface area contributed by atoms with Gasteiger partial charge in [0.15, 0.2) is 0 Å². The Morgan fingerprint density at radius 3 is 2.32 bits per heavy atom. The van der Waals surface area contributed by atoms with Gasteiger partial charge in [-0.1, -0.05) is 0 Å². The van der Waals surface area contributed by atoms with E-state index >= 15 is 0 Å². The third-order valence-electron chi connectivity index (χ3n) is 2.95. The highest BCUT2D eigenvalue weighted by Crippen LogP contribution is 2.20. The number of nitrogens with zero attached hydrogens (tertiary/aromatic N) is 1. The van der Waals surface area contributed by atoms with E-state index in [2.05, 4.69) is 10.2 Å². The highest BCUT2D eigenvalue weighted by molar-refractivity contribution is 5.69. The standard InChI is InChI=1S/C13H24N2O4/c1-13(2,3)19-12(17)14-15-7-5-10(6-8-15)9-11(16)18-4/h10H,5-9H2,1-4H3,(H,14,17). The van der Waals surface area contributed by atoms with Crippen molar-refractivity contribution in [1.82, 2.24) is 10.4 Å². The molecule has 0 saturated carbocycles. The molecule has 0 radical (unpaired) electrons. The minimum atomic E-state index is -0.493. The molecule has 1 saturated heterocycles. The highest BCUT2D eigenvalue weighted by Gasteiger charge is 2.24. The Bertz CT molecular complexity index is 317. The van der Waals surface area contributed by atoms with Gasteiger partial charge < -0.3 is 9.47 Å². The number of hydrogen-bond donors (Lipinski definition) is 1. The van der Waals surface area contributed by atoms with E-state index in [0.717, 1.165) is 25.9 Å². The molecule has 110 valence electrons. The van der Waals surface area contributed by atoms with Gasteiger partial charge in [0.05, 0.1) is 7.11 Å². The smallest absolute Gasteiger partial charge is 0.422 e. The Kier molecular flexibility index (Phi) is 5.60. The van der Waals surface area contributed by atoms with Crippen molar-refractivity contribution >= 4 is 12.1 Å². The van der Waals surface area contributed by atoms with Gasteiger partial charge >= 0.3 is 12.1 Å². The van der Waals surface area contributed by atoms with E-state index < -0.39 is 11.7 Å². The maximum absolute atomic E-state index is 11.6. The first-order chi connectivity index (χ1) is 8.80. The molecule has 6 heteroatoms. The van der Waals surface area contributed by atoms with Crippen LogP contribution in [0.3, 0.4) is 0 Å². The fourth-order valence-electron chi connectivity index (χ4n) is 2.00. The van der Waals surface area contributed by atoms with Crippen molar-refractivity contribution in [3.05, 3.63) is 0 Å². The summed E-state index contributed by atoms with van der Waals surface area (Å²) < 4.78 is 9.84. The van der Waals surface area contributed by atoms with Gasteiger partial charge in [-0.3, -0.25) is 10.2 Å². The zero-order valence-corrected chi connectivity index (χ0v) is 12.2. The monoisotopic (exact) mass is 272 g/mol. The Labute approximate surface area is 114 Å². The Morgan fingerprint density at radius 1 is 1.26 bits per heavy atom. The summed E-state index contributed by atoms with van der Waals surface area (Å²) in [5, 5.41) is 1.84. The molecular formula is C13H24N2O4. The van der Waals surface area contributed by atoms with Crippen LogP contribution < -0.4 is 5.43 Å². The first kappa shape index (κ1) is 15.8. The number of methoxy groups -OCH3 is 1. The van der Waals surface area contributed by atoms with E-state index in [9.17, 15) is 9.59 Å². The van der Waals surface area contributed by atoms with Crippen LogP contribution in [0.15, 0.2) is 0 Å². The molecule has 0 spiro atoms. The highest BCUT2D eigenvalue weighted by atomic mass is 16.6. The second-order valence-electron chi connectivity index (χ2n) is 5.82. The summed E-state index contributed by atoms with van der Waals surface area (Å²) in [4.78, 5) is 22.8. The molecule has 0 atom stereocenters. The van der Waals surface area contributed by atoms with E-state index in [1.165, 1.54) is 7.11 Å². The van der Waals surface area contributed by atoms with Crippen molar-refractivity contribution in [2.24, 2.45) is 5.92 Å². The van der Waals surface area contributed by atoms with E-state index in [4.69, 9.17) is 4.74 Å². The lowest BCUT2D eigenvalue weighted by Gasteiger charge is -2.32. The van der Waals surface area contributed by atoms with E-state index in [1.807, 2.05) is 25.8 Å². The lowest BCUT2D eigenvalue weighted by Crippen LogP contribution is -2.48. The van der Waals surface area contributed by atoms with Crippen molar-refractivity contribution < 1.29 is 19.1 Å². The third kappa shape index (κ3) is 6.42. The second-order valence-corrected chi connectivity index (χ2v) is 5.82. The van der Waals surface area contributed by atoms with Crippen LogP contribution in [0.2, 0.25) is 0 Å². The molecule has 1 amide bonds. The largest absolute Gasteiger partial charge is 0.469 e. The molecule has 6 nitrogen and oxygen atoms in total. The minimum absolute atomic E-state index is 0.168. The Morgan fingerprint density at radius 2 is 1.84 bits per heavy atom. The molecule has 1 heterocycles. The quantitative estimate of drug-likeness (QED) is 0.792. The minimum Gasteiger partial charge on any atom is -0.469 e. The fraction of sp³-hybridized carbons (Fsp3) is 0.846. The summed E-state index contributed by atoms with van der Waals surface area (Å²) in [6, 6.07) is 0. The number of hydrogen-bond acceptors (Lipinski definition) is 5. The topological polar surface area (TPSA) is 67.9 Å². The van der Waals surface area contributed by atoms with Crippen LogP contribution in [-0.4, -0.2) is 42.9 Å². The van der Waals surface area contributed by atoms with E-state index in [1.54, 1.807) is 0 Å². The number of esters is 1. The molecule has 0 unspecified atom stereocenters. The predicted molar refractivity (Wildman–Crippen MR) is 70.3 cm³/mol. The van der Waals surface area contributed by atoms with Crippen molar-refractivity contribution in [3.63, 3.8) is 0 Å². The summed E-state index contributed by atoms with van der Waals surface area (Å²) in [5.41, 5.74) is 2.23. The number of piperidine rings is 1. The van der Waals surface area contributed by atoms with Gasteiger partial charge in [-0.2, -0.15) is 0 Å². The van der Waals surface area contributed by atoms with Crippen LogP contribution in [0.4, 0.5) is 4.79 Å². The van der Waals surface area contributed by atoms with Crippen molar-refractivity contribution in [3.8, 4) is 0 Å². The van der Waals surface area contributed by atoms with Crippen LogP contribution in [0.25, 0.3) is 0 Å². The summed E-state index contributed by atoms with van der Waals surface area (Å²) >= 11 is 0. The van der Waals surface area contributed by atoms with Gasteiger partial charge in [-0.05, 0) is 39.5 Å². The summed E-state index contributed by atoms with van der Waals surface area (Å²) in [6.07, 6.45) is 1.76. The molecule has 1 fully saturated rings. The average Bonchev–Trinajstić information content (AvgIpc) is 2.29. The first-order valence-electron chi connectivity index (χ1n) is 6.61. The van der Waals surface area contributed by atoms with Crippen molar-refractivity contribution in [2.45, 2.75) is 45.6 Å². The number of ether oxygens (including phenoxy) is 2. The van der Waals surface area contributed by atoms with Crippen molar-refractivity contribution in [2.75, 3.05) is 20.2 Å². The number of hydrazine groups is 1. The molecular weight excluding hydrogens is 248 g/mol. The predicted octanol–water partition coefficient (Wildman–Crippen LogP) is 1.70. The van der Waals surface area contributed by atoms with Gasteiger partial charge in [-0.25, -0.2) is 9.80 Å². The first-order valence-corrected chi connectivity index (χ1v) is 6.61. The third-order valence-corrected chi connectivity index (χ3v) is 2.95. The lowest BCUT2D eigenvalue weighted by atomic mass is 9.94. The molecule has 1 aliphatic rings. The maximum Gasteiger partial charge on any atom is 0.422 e. The molecule has 1 N–H and O–H groups in total.